The highest BCUT2D eigenvalue weighted by atomic mass is 32.1. The number of rotatable bonds is 5. The number of aromatic nitrogens is 4. The minimum absolute atomic E-state index is 0.0799. The van der Waals surface area contributed by atoms with E-state index in [-0.39, 0.29) is 11.9 Å². The molecular weight excluding hydrogens is 334 g/mol. The molecule has 0 aliphatic rings. The first-order valence-electron chi connectivity index (χ1n) is 8.27. The monoisotopic (exact) mass is 355 g/mol. The Morgan fingerprint density at radius 1 is 1.28 bits per heavy atom. The molecule has 0 radical (unpaired) electrons. The third kappa shape index (κ3) is 3.46. The van der Waals surface area contributed by atoms with Crippen LogP contribution < -0.4 is 5.32 Å². The predicted molar refractivity (Wildman–Crippen MR) is 99.2 cm³/mol. The van der Waals surface area contributed by atoms with Crippen LogP contribution in [-0.2, 0) is 0 Å². The molecule has 2 heterocycles. The minimum Gasteiger partial charge on any atom is -0.349 e. The molecule has 0 fully saturated rings. The van der Waals surface area contributed by atoms with Crippen LogP contribution in [0.25, 0.3) is 16.4 Å². The largest absolute Gasteiger partial charge is 0.349 e. The van der Waals surface area contributed by atoms with Crippen LogP contribution in [0.3, 0.4) is 0 Å². The van der Waals surface area contributed by atoms with Crippen LogP contribution in [-0.4, -0.2) is 31.9 Å². The molecule has 0 aliphatic heterocycles. The Morgan fingerprint density at radius 2 is 2.00 bits per heavy atom. The number of amides is 1. The van der Waals surface area contributed by atoms with Gasteiger partial charge >= 0.3 is 0 Å². The molecule has 1 aromatic carbocycles. The second-order valence-corrected chi connectivity index (χ2v) is 6.99. The number of para-hydroxylation sites is 1. The summed E-state index contributed by atoms with van der Waals surface area (Å²) in [6.07, 6.45) is 0.890. The Balaban J connectivity index is 1.93. The summed E-state index contributed by atoms with van der Waals surface area (Å²) in [6, 6.07) is 9.97. The van der Waals surface area contributed by atoms with Crippen molar-refractivity contribution in [1.82, 2.24) is 25.3 Å². The number of nitrogens with one attached hydrogen (secondary N) is 1. The highest BCUT2D eigenvalue weighted by Crippen LogP contribution is 2.29. The van der Waals surface area contributed by atoms with Crippen LogP contribution in [0.2, 0.25) is 0 Å². The SMILES string of the molecule is CC[C@@H](C)NC(=O)c1sc(-c2nnn(-c3ccccc3)c2C)nc1C. The zero-order chi connectivity index (χ0) is 18.0. The molecule has 1 amide bonds. The Hall–Kier alpha value is -2.54. The molecule has 0 saturated carbocycles. The van der Waals surface area contributed by atoms with E-state index >= 15 is 0 Å². The lowest BCUT2D eigenvalue weighted by Gasteiger charge is -2.09. The fourth-order valence-corrected chi connectivity index (χ4v) is 3.45. The van der Waals surface area contributed by atoms with Crippen molar-refractivity contribution in [3.63, 3.8) is 0 Å². The van der Waals surface area contributed by atoms with Crippen molar-refractivity contribution in [3.8, 4) is 16.4 Å². The summed E-state index contributed by atoms with van der Waals surface area (Å²) in [5.74, 6) is -0.0799. The van der Waals surface area contributed by atoms with Gasteiger partial charge in [0.25, 0.3) is 5.91 Å². The van der Waals surface area contributed by atoms with Crippen LogP contribution in [0.1, 0.15) is 41.3 Å². The maximum atomic E-state index is 12.4. The van der Waals surface area contributed by atoms with E-state index in [9.17, 15) is 4.79 Å². The van der Waals surface area contributed by atoms with E-state index in [2.05, 4.69) is 20.6 Å². The highest BCUT2D eigenvalue weighted by Gasteiger charge is 2.21. The van der Waals surface area contributed by atoms with Crippen LogP contribution in [0.15, 0.2) is 30.3 Å². The van der Waals surface area contributed by atoms with Crippen molar-refractivity contribution in [2.75, 3.05) is 0 Å². The minimum atomic E-state index is -0.0799. The summed E-state index contributed by atoms with van der Waals surface area (Å²) in [7, 11) is 0. The van der Waals surface area contributed by atoms with Gasteiger partial charge in [-0.1, -0.05) is 30.3 Å². The summed E-state index contributed by atoms with van der Waals surface area (Å²) in [6.45, 7) is 7.84. The highest BCUT2D eigenvalue weighted by molar-refractivity contribution is 7.17. The van der Waals surface area contributed by atoms with Crippen LogP contribution >= 0.6 is 11.3 Å². The summed E-state index contributed by atoms with van der Waals surface area (Å²) < 4.78 is 1.78. The summed E-state index contributed by atoms with van der Waals surface area (Å²) in [5.41, 5.74) is 3.27. The van der Waals surface area contributed by atoms with Crippen molar-refractivity contribution in [1.29, 1.82) is 0 Å². The fraction of sp³-hybridized carbons (Fsp3) is 0.333. The van der Waals surface area contributed by atoms with E-state index < -0.39 is 0 Å². The standard InChI is InChI=1S/C18H21N5OS/c1-5-11(2)19-17(24)16-12(3)20-18(25-16)15-13(4)23(22-21-15)14-9-7-6-8-10-14/h6-11H,5H2,1-4H3,(H,19,24)/t11-/m1/s1. The average Bonchev–Trinajstić information content (AvgIpc) is 3.18. The van der Waals surface area contributed by atoms with Gasteiger partial charge in [0.15, 0.2) is 0 Å². The van der Waals surface area contributed by atoms with Gasteiger partial charge in [0.2, 0.25) is 0 Å². The van der Waals surface area contributed by atoms with Crippen molar-refractivity contribution < 1.29 is 4.79 Å². The van der Waals surface area contributed by atoms with Gasteiger partial charge in [0.1, 0.15) is 15.6 Å². The molecule has 1 N–H and O–H groups in total. The Kier molecular flexibility index (Phi) is 4.94. The van der Waals surface area contributed by atoms with E-state index in [1.165, 1.54) is 11.3 Å². The first kappa shape index (κ1) is 17.3. The first-order valence-corrected chi connectivity index (χ1v) is 9.09. The van der Waals surface area contributed by atoms with Crippen LogP contribution in [0.4, 0.5) is 0 Å². The zero-order valence-corrected chi connectivity index (χ0v) is 15.6. The van der Waals surface area contributed by atoms with Gasteiger partial charge in [-0.3, -0.25) is 4.79 Å². The average molecular weight is 355 g/mol. The van der Waals surface area contributed by atoms with E-state index in [0.717, 1.165) is 23.5 Å². The number of aryl methyl sites for hydroxylation is 1. The van der Waals surface area contributed by atoms with Crippen LogP contribution in [0.5, 0.6) is 0 Å². The first-order chi connectivity index (χ1) is 12.0. The zero-order valence-electron chi connectivity index (χ0n) is 14.8. The quantitative estimate of drug-likeness (QED) is 0.760. The number of carbonyl (C=O) groups is 1. The second-order valence-electron chi connectivity index (χ2n) is 5.99. The van der Waals surface area contributed by atoms with E-state index in [1.54, 1.807) is 4.68 Å². The van der Waals surface area contributed by atoms with Crippen molar-refractivity contribution in [3.05, 3.63) is 46.6 Å². The van der Waals surface area contributed by atoms with Gasteiger partial charge in [-0.05, 0) is 39.3 Å². The van der Waals surface area contributed by atoms with E-state index in [0.29, 0.717) is 15.6 Å². The number of benzene rings is 1. The van der Waals surface area contributed by atoms with Crippen molar-refractivity contribution >= 4 is 17.2 Å². The van der Waals surface area contributed by atoms with Gasteiger partial charge in [-0.15, -0.1) is 16.4 Å². The normalized spacial score (nSPS) is 12.2. The Bertz CT molecular complexity index is 884. The van der Waals surface area contributed by atoms with Gasteiger partial charge in [0.05, 0.1) is 17.1 Å². The molecular formula is C18H21N5OS. The van der Waals surface area contributed by atoms with Gasteiger partial charge in [-0.2, -0.15) is 0 Å². The molecule has 0 bridgehead atoms. The molecule has 0 spiro atoms. The molecule has 0 saturated heterocycles. The van der Waals surface area contributed by atoms with Crippen LogP contribution in [0, 0.1) is 13.8 Å². The molecule has 7 heteroatoms. The molecule has 0 unspecified atom stereocenters. The third-order valence-corrected chi connectivity index (χ3v) is 5.25. The molecule has 130 valence electrons. The smallest absolute Gasteiger partial charge is 0.263 e. The number of hydrogen-bond acceptors (Lipinski definition) is 5. The molecule has 25 heavy (non-hydrogen) atoms. The van der Waals surface area contributed by atoms with E-state index in [1.807, 2.05) is 58.0 Å². The number of hydrogen-bond donors (Lipinski definition) is 1. The molecule has 3 aromatic rings. The fourth-order valence-electron chi connectivity index (χ4n) is 2.44. The number of carbonyl (C=O) groups excluding carboxylic acids is 1. The summed E-state index contributed by atoms with van der Waals surface area (Å²) in [5, 5.41) is 12.2. The van der Waals surface area contributed by atoms with E-state index in [4.69, 9.17) is 0 Å². The third-order valence-electron chi connectivity index (χ3n) is 4.09. The summed E-state index contributed by atoms with van der Waals surface area (Å²) >= 11 is 1.36. The lowest BCUT2D eigenvalue weighted by molar-refractivity contribution is 0.0942. The maximum Gasteiger partial charge on any atom is 0.263 e. The van der Waals surface area contributed by atoms with Crippen molar-refractivity contribution in [2.24, 2.45) is 0 Å². The van der Waals surface area contributed by atoms with Gasteiger partial charge in [0, 0.05) is 6.04 Å². The maximum absolute atomic E-state index is 12.4. The number of thiazole rings is 1. The molecule has 1 atom stereocenters. The lowest BCUT2D eigenvalue weighted by atomic mass is 10.2. The lowest BCUT2D eigenvalue weighted by Crippen LogP contribution is -2.31. The molecule has 6 nitrogen and oxygen atoms in total. The van der Waals surface area contributed by atoms with Gasteiger partial charge < -0.3 is 5.32 Å². The Morgan fingerprint density at radius 3 is 2.68 bits per heavy atom. The Labute approximate surface area is 150 Å². The number of nitrogens with zero attached hydrogens (tertiary/aromatic N) is 4. The van der Waals surface area contributed by atoms with Gasteiger partial charge in [-0.25, -0.2) is 9.67 Å². The second kappa shape index (κ2) is 7.14. The molecule has 0 aliphatic carbocycles. The predicted octanol–water partition coefficient (Wildman–Crippen LogP) is 3.54. The molecule has 2 aromatic heterocycles. The van der Waals surface area contributed by atoms with Crippen molar-refractivity contribution in [2.45, 2.75) is 40.2 Å². The summed E-state index contributed by atoms with van der Waals surface area (Å²) in [4.78, 5) is 17.6. The topological polar surface area (TPSA) is 72.7 Å². The molecule has 3 rings (SSSR count).